The first-order valence-electron chi connectivity index (χ1n) is 9.56. The first-order valence-corrected chi connectivity index (χ1v) is 9.56. The van der Waals surface area contributed by atoms with Gasteiger partial charge in [0, 0.05) is 19.0 Å². The molecule has 1 saturated heterocycles. The van der Waals surface area contributed by atoms with E-state index in [-0.39, 0.29) is 11.9 Å². The van der Waals surface area contributed by atoms with Gasteiger partial charge in [-0.2, -0.15) is 18.3 Å². The highest BCUT2D eigenvalue weighted by Gasteiger charge is 2.34. The number of alkyl halides is 3. The summed E-state index contributed by atoms with van der Waals surface area (Å²) in [5.74, 6) is -0.211. The summed E-state index contributed by atoms with van der Waals surface area (Å²) in [5, 5.41) is 7.71. The van der Waals surface area contributed by atoms with Crippen LogP contribution in [0.25, 0.3) is 0 Å². The van der Waals surface area contributed by atoms with E-state index < -0.39 is 11.7 Å². The van der Waals surface area contributed by atoms with Crippen molar-refractivity contribution in [2.45, 2.75) is 24.9 Å². The average molecular weight is 402 g/mol. The van der Waals surface area contributed by atoms with Crippen LogP contribution in [0.1, 0.15) is 35.4 Å². The van der Waals surface area contributed by atoms with Gasteiger partial charge in [-0.25, -0.2) is 14.8 Å². The SMILES string of the molecule is O=C(NN1CCCC1)N1CC(c2ccccc2)C(c2ccc(C(F)(F)F)cc2)=N1. The topological polar surface area (TPSA) is 47.9 Å². The van der Waals surface area contributed by atoms with Crippen molar-refractivity contribution < 1.29 is 18.0 Å². The smallest absolute Gasteiger partial charge is 0.269 e. The number of carbonyl (C=O) groups is 1. The largest absolute Gasteiger partial charge is 0.416 e. The second kappa shape index (κ2) is 7.87. The number of amides is 2. The zero-order valence-electron chi connectivity index (χ0n) is 15.7. The highest BCUT2D eigenvalue weighted by molar-refractivity contribution is 6.07. The van der Waals surface area contributed by atoms with E-state index in [1.165, 1.54) is 17.1 Å². The van der Waals surface area contributed by atoms with E-state index in [2.05, 4.69) is 10.5 Å². The lowest BCUT2D eigenvalue weighted by Gasteiger charge is -2.20. The summed E-state index contributed by atoms with van der Waals surface area (Å²) in [6.07, 6.45) is -2.32. The Kier molecular flexibility index (Phi) is 5.27. The molecule has 2 aliphatic heterocycles. The summed E-state index contributed by atoms with van der Waals surface area (Å²) in [6.45, 7) is 1.94. The molecule has 1 unspecified atom stereocenters. The Morgan fingerprint density at radius 3 is 2.28 bits per heavy atom. The fraction of sp³-hybridized carbons (Fsp3) is 0.333. The molecule has 1 N–H and O–H groups in total. The summed E-state index contributed by atoms with van der Waals surface area (Å²) < 4.78 is 38.7. The third-order valence-electron chi connectivity index (χ3n) is 5.22. The van der Waals surface area contributed by atoms with Crippen molar-refractivity contribution in [2.75, 3.05) is 19.6 Å². The lowest BCUT2D eigenvalue weighted by atomic mass is 9.90. The third kappa shape index (κ3) is 4.27. The quantitative estimate of drug-likeness (QED) is 0.835. The van der Waals surface area contributed by atoms with Gasteiger partial charge in [0.25, 0.3) is 0 Å². The molecule has 1 fully saturated rings. The second-order valence-electron chi connectivity index (χ2n) is 7.22. The molecule has 2 aromatic rings. The molecular formula is C21H21F3N4O. The molecule has 2 aromatic carbocycles. The van der Waals surface area contributed by atoms with Crippen molar-refractivity contribution >= 4 is 11.7 Å². The average Bonchev–Trinajstić information content (AvgIpc) is 3.38. The number of hydrogen-bond acceptors (Lipinski definition) is 3. The Hall–Kier alpha value is -2.87. The maximum Gasteiger partial charge on any atom is 0.416 e. The number of hydrogen-bond donors (Lipinski definition) is 1. The first-order chi connectivity index (χ1) is 13.9. The number of rotatable bonds is 3. The van der Waals surface area contributed by atoms with Gasteiger partial charge in [0.1, 0.15) is 0 Å². The van der Waals surface area contributed by atoms with Gasteiger partial charge in [-0.1, -0.05) is 42.5 Å². The normalized spacial score (nSPS) is 20.0. The predicted octanol–water partition coefficient (Wildman–Crippen LogP) is 4.23. The van der Waals surface area contributed by atoms with Gasteiger partial charge in [0.05, 0.1) is 17.8 Å². The van der Waals surface area contributed by atoms with Crippen LogP contribution in [-0.2, 0) is 6.18 Å². The zero-order chi connectivity index (χ0) is 20.4. The molecule has 2 amide bonds. The highest BCUT2D eigenvalue weighted by Crippen LogP contribution is 2.32. The van der Waals surface area contributed by atoms with Crippen LogP contribution >= 0.6 is 0 Å². The Balaban J connectivity index is 1.61. The number of benzene rings is 2. The first kappa shape index (κ1) is 19.4. The Labute approximate surface area is 166 Å². The fourth-order valence-corrected chi connectivity index (χ4v) is 3.69. The van der Waals surface area contributed by atoms with Crippen molar-refractivity contribution in [3.63, 3.8) is 0 Å². The van der Waals surface area contributed by atoms with Crippen molar-refractivity contribution in [3.05, 3.63) is 71.3 Å². The maximum absolute atomic E-state index is 12.9. The zero-order valence-corrected chi connectivity index (χ0v) is 15.7. The van der Waals surface area contributed by atoms with Crippen LogP contribution in [0.15, 0.2) is 59.7 Å². The van der Waals surface area contributed by atoms with E-state index in [0.717, 1.165) is 43.6 Å². The monoisotopic (exact) mass is 402 g/mol. The van der Waals surface area contributed by atoms with E-state index >= 15 is 0 Å². The number of hydrazine groups is 1. The van der Waals surface area contributed by atoms with Crippen LogP contribution in [0, 0.1) is 0 Å². The van der Waals surface area contributed by atoms with Crippen LogP contribution in [0.5, 0.6) is 0 Å². The molecule has 8 heteroatoms. The van der Waals surface area contributed by atoms with Crippen molar-refractivity contribution in [1.82, 2.24) is 15.4 Å². The molecule has 2 heterocycles. The van der Waals surface area contributed by atoms with E-state index in [1.54, 1.807) is 0 Å². The maximum atomic E-state index is 12.9. The highest BCUT2D eigenvalue weighted by atomic mass is 19.4. The van der Waals surface area contributed by atoms with E-state index in [1.807, 2.05) is 35.3 Å². The lowest BCUT2D eigenvalue weighted by molar-refractivity contribution is -0.137. The molecule has 1 atom stereocenters. The van der Waals surface area contributed by atoms with Gasteiger partial charge >= 0.3 is 12.2 Å². The molecule has 0 aromatic heterocycles. The minimum atomic E-state index is -4.39. The number of hydrazone groups is 1. The predicted molar refractivity (Wildman–Crippen MR) is 103 cm³/mol. The van der Waals surface area contributed by atoms with Crippen molar-refractivity contribution in [1.29, 1.82) is 0 Å². The van der Waals surface area contributed by atoms with Crippen molar-refractivity contribution in [3.8, 4) is 0 Å². The van der Waals surface area contributed by atoms with E-state index in [9.17, 15) is 18.0 Å². The van der Waals surface area contributed by atoms with Crippen molar-refractivity contribution in [2.24, 2.45) is 5.10 Å². The Morgan fingerprint density at radius 2 is 1.66 bits per heavy atom. The minimum absolute atomic E-state index is 0.211. The third-order valence-corrected chi connectivity index (χ3v) is 5.22. The molecule has 152 valence electrons. The standard InChI is InChI=1S/C21H21F3N4O/c22-21(23,24)17-10-8-16(9-11-17)19-18(15-6-2-1-3-7-15)14-28(25-19)20(29)26-27-12-4-5-13-27/h1-3,6-11,18H,4-5,12-14H2,(H,26,29). The number of carbonyl (C=O) groups excluding carboxylic acids is 1. The summed E-state index contributed by atoms with van der Waals surface area (Å²) in [5.41, 5.74) is 4.27. The molecule has 0 spiro atoms. The lowest BCUT2D eigenvalue weighted by Crippen LogP contribution is -2.45. The fourth-order valence-electron chi connectivity index (χ4n) is 3.69. The summed E-state index contributed by atoms with van der Waals surface area (Å²) in [7, 11) is 0. The number of urea groups is 1. The van der Waals surface area contributed by atoms with E-state index in [0.29, 0.717) is 17.8 Å². The van der Waals surface area contributed by atoms with Crippen LogP contribution < -0.4 is 5.43 Å². The Morgan fingerprint density at radius 1 is 1.00 bits per heavy atom. The number of nitrogens with zero attached hydrogens (tertiary/aromatic N) is 3. The van der Waals surface area contributed by atoms with Gasteiger partial charge in [-0.15, -0.1) is 0 Å². The minimum Gasteiger partial charge on any atom is -0.269 e. The summed E-state index contributed by atoms with van der Waals surface area (Å²) >= 11 is 0. The van der Waals surface area contributed by atoms with Gasteiger partial charge in [0.15, 0.2) is 0 Å². The molecule has 0 radical (unpaired) electrons. The second-order valence-corrected chi connectivity index (χ2v) is 7.22. The number of halogens is 3. The van der Waals surface area contributed by atoms with Crippen LogP contribution in [0.3, 0.4) is 0 Å². The van der Waals surface area contributed by atoms with Gasteiger partial charge in [-0.3, -0.25) is 5.43 Å². The molecule has 0 bridgehead atoms. The molecule has 4 rings (SSSR count). The van der Waals surface area contributed by atoms with Crippen LogP contribution in [0.4, 0.5) is 18.0 Å². The summed E-state index contributed by atoms with van der Waals surface area (Å²) in [4.78, 5) is 12.7. The molecule has 2 aliphatic rings. The van der Waals surface area contributed by atoms with Gasteiger partial charge < -0.3 is 0 Å². The van der Waals surface area contributed by atoms with E-state index in [4.69, 9.17) is 0 Å². The van der Waals surface area contributed by atoms with Crippen LogP contribution in [0.2, 0.25) is 0 Å². The van der Waals surface area contributed by atoms with Crippen LogP contribution in [-0.4, -0.2) is 41.4 Å². The Bertz CT molecular complexity index is 890. The molecule has 0 saturated carbocycles. The van der Waals surface area contributed by atoms with Gasteiger partial charge in [0.2, 0.25) is 0 Å². The molecule has 29 heavy (non-hydrogen) atoms. The molecular weight excluding hydrogens is 381 g/mol. The number of nitrogens with one attached hydrogen (secondary N) is 1. The molecule has 5 nitrogen and oxygen atoms in total. The molecule has 0 aliphatic carbocycles. The summed E-state index contributed by atoms with van der Waals surface area (Å²) in [6, 6.07) is 14.2. The van der Waals surface area contributed by atoms with Gasteiger partial charge in [-0.05, 0) is 36.1 Å².